The molecule has 0 radical (unpaired) electrons. The summed E-state index contributed by atoms with van der Waals surface area (Å²) in [5, 5.41) is 22.2. The lowest BCUT2D eigenvalue weighted by atomic mass is 9.88. The summed E-state index contributed by atoms with van der Waals surface area (Å²) in [4.78, 5) is 12.6. The molecule has 4 heteroatoms. The van der Waals surface area contributed by atoms with Gasteiger partial charge in [0.05, 0.1) is 6.10 Å². The molecule has 2 aromatic rings. The number of carbonyl (C=O) groups excluding carboxylic acids is 1. The van der Waals surface area contributed by atoms with Crippen LogP contribution in [0.1, 0.15) is 36.3 Å². The summed E-state index contributed by atoms with van der Waals surface area (Å²) in [6.45, 7) is -0.0375. The predicted molar refractivity (Wildman–Crippen MR) is 97.1 cm³/mol. The van der Waals surface area contributed by atoms with E-state index in [1.54, 1.807) is 0 Å². The largest absolute Gasteiger partial charge is 0.396 e. The SMILES string of the molecule is O=C(CC(c1ccccc1)c1ccccc1)N[C@H]1C[C@H](CO)[C@H](O)C1. The molecule has 0 bridgehead atoms. The fourth-order valence-electron chi connectivity index (χ4n) is 3.69. The van der Waals surface area contributed by atoms with Gasteiger partial charge in [0.25, 0.3) is 0 Å². The number of nitrogens with one attached hydrogen (secondary N) is 1. The Labute approximate surface area is 148 Å². The molecule has 1 saturated carbocycles. The van der Waals surface area contributed by atoms with Gasteiger partial charge in [-0.3, -0.25) is 4.79 Å². The molecule has 0 heterocycles. The van der Waals surface area contributed by atoms with Gasteiger partial charge in [-0.25, -0.2) is 0 Å². The first-order valence-electron chi connectivity index (χ1n) is 8.85. The minimum Gasteiger partial charge on any atom is -0.396 e. The van der Waals surface area contributed by atoms with Crippen LogP contribution in [-0.2, 0) is 4.79 Å². The molecule has 4 nitrogen and oxygen atoms in total. The molecule has 1 fully saturated rings. The number of aliphatic hydroxyl groups excluding tert-OH is 2. The summed E-state index contributed by atoms with van der Waals surface area (Å²) in [5.74, 6) is -0.153. The number of hydrogen-bond donors (Lipinski definition) is 3. The Balaban J connectivity index is 1.69. The van der Waals surface area contributed by atoms with Crippen molar-refractivity contribution in [2.24, 2.45) is 5.92 Å². The van der Waals surface area contributed by atoms with Gasteiger partial charge in [0.1, 0.15) is 0 Å². The maximum absolute atomic E-state index is 12.6. The van der Waals surface area contributed by atoms with Crippen molar-refractivity contribution in [3.05, 3.63) is 71.8 Å². The summed E-state index contributed by atoms with van der Waals surface area (Å²) < 4.78 is 0. The highest BCUT2D eigenvalue weighted by Gasteiger charge is 2.33. The van der Waals surface area contributed by atoms with Crippen LogP contribution in [0, 0.1) is 5.92 Å². The van der Waals surface area contributed by atoms with Gasteiger partial charge < -0.3 is 15.5 Å². The van der Waals surface area contributed by atoms with Crippen molar-refractivity contribution in [3.63, 3.8) is 0 Å². The van der Waals surface area contributed by atoms with Gasteiger partial charge in [-0.05, 0) is 24.0 Å². The molecule has 1 amide bonds. The van der Waals surface area contributed by atoms with Crippen molar-refractivity contribution in [1.29, 1.82) is 0 Å². The first kappa shape index (κ1) is 17.6. The Morgan fingerprint density at radius 3 is 2.04 bits per heavy atom. The van der Waals surface area contributed by atoms with Crippen LogP contribution in [0.3, 0.4) is 0 Å². The molecular weight excluding hydrogens is 314 g/mol. The van der Waals surface area contributed by atoms with E-state index in [-0.39, 0.29) is 30.4 Å². The maximum atomic E-state index is 12.6. The summed E-state index contributed by atoms with van der Waals surface area (Å²) in [5.41, 5.74) is 2.23. The zero-order chi connectivity index (χ0) is 17.6. The number of carbonyl (C=O) groups is 1. The Morgan fingerprint density at radius 1 is 1.00 bits per heavy atom. The monoisotopic (exact) mass is 339 g/mol. The third-order valence-electron chi connectivity index (χ3n) is 5.05. The molecule has 3 N–H and O–H groups in total. The summed E-state index contributed by atoms with van der Waals surface area (Å²) >= 11 is 0. The van der Waals surface area contributed by atoms with Crippen molar-refractivity contribution in [1.82, 2.24) is 5.32 Å². The highest BCUT2D eigenvalue weighted by molar-refractivity contribution is 5.78. The van der Waals surface area contributed by atoms with Gasteiger partial charge in [0, 0.05) is 30.9 Å². The second-order valence-corrected chi connectivity index (χ2v) is 6.82. The summed E-state index contributed by atoms with van der Waals surface area (Å²) in [7, 11) is 0. The van der Waals surface area contributed by atoms with E-state index >= 15 is 0 Å². The quantitative estimate of drug-likeness (QED) is 0.757. The van der Waals surface area contributed by atoms with Gasteiger partial charge in [0.2, 0.25) is 5.91 Å². The fraction of sp³-hybridized carbons (Fsp3) is 0.381. The molecule has 2 aromatic carbocycles. The highest BCUT2D eigenvalue weighted by Crippen LogP contribution is 2.29. The number of aliphatic hydroxyl groups is 2. The Kier molecular flexibility index (Phi) is 5.84. The van der Waals surface area contributed by atoms with Crippen molar-refractivity contribution in [3.8, 4) is 0 Å². The van der Waals surface area contributed by atoms with E-state index in [1.165, 1.54) is 0 Å². The van der Waals surface area contributed by atoms with Gasteiger partial charge in [0.15, 0.2) is 0 Å². The first-order valence-corrected chi connectivity index (χ1v) is 8.85. The zero-order valence-electron chi connectivity index (χ0n) is 14.2. The van der Waals surface area contributed by atoms with Crippen LogP contribution in [0.15, 0.2) is 60.7 Å². The van der Waals surface area contributed by atoms with Crippen molar-refractivity contribution >= 4 is 5.91 Å². The number of rotatable bonds is 6. The van der Waals surface area contributed by atoms with Crippen molar-refractivity contribution in [2.45, 2.75) is 37.3 Å². The van der Waals surface area contributed by atoms with E-state index in [0.29, 0.717) is 19.3 Å². The molecule has 3 atom stereocenters. The zero-order valence-corrected chi connectivity index (χ0v) is 14.2. The lowest BCUT2D eigenvalue weighted by molar-refractivity contribution is -0.122. The molecular formula is C21H25NO3. The molecule has 1 aliphatic rings. The number of benzene rings is 2. The molecule has 0 aromatic heterocycles. The summed E-state index contributed by atoms with van der Waals surface area (Å²) in [6.07, 6.45) is 0.974. The Bertz CT molecular complexity index is 635. The second kappa shape index (κ2) is 8.28. The molecule has 0 aliphatic heterocycles. The van der Waals surface area contributed by atoms with Crippen LogP contribution < -0.4 is 5.32 Å². The summed E-state index contributed by atoms with van der Waals surface area (Å²) in [6, 6.07) is 20.0. The van der Waals surface area contributed by atoms with Crippen molar-refractivity contribution < 1.29 is 15.0 Å². The van der Waals surface area contributed by atoms with Gasteiger partial charge in [-0.2, -0.15) is 0 Å². The van der Waals surface area contributed by atoms with Gasteiger partial charge >= 0.3 is 0 Å². The third-order valence-corrected chi connectivity index (χ3v) is 5.05. The number of amides is 1. The lowest BCUT2D eigenvalue weighted by Crippen LogP contribution is -2.34. The van der Waals surface area contributed by atoms with Crippen molar-refractivity contribution in [2.75, 3.05) is 6.61 Å². The van der Waals surface area contributed by atoms with Gasteiger partial charge in [-0.1, -0.05) is 60.7 Å². The minimum absolute atomic E-state index is 0.00219. The van der Waals surface area contributed by atoms with Crippen LogP contribution in [0.4, 0.5) is 0 Å². The van der Waals surface area contributed by atoms with E-state index < -0.39 is 6.10 Å². The molecule has 3 rings (SSSR count). The Hall–Kier alpha value is -2.17. The average molecular weight is 339 g/mol. The molecule has 1 aliphatic carbocycles. The average Bonchev–Trinajstić information content (AvgIpc) is 3.00. The second-order valence-electron chi connectivity index (χ2n) is 6.82. The van der Waals surface area contributed by atoms with Crippen LogP contribution in [0.2, 0.25) is 0 Å². The maximum Gasteiger partial charge on any atom is 0.221 e. The Morgan fingerprint density at radius 2 is 1.56 bits per heavy atom. The van der Waals surface area contributed by atoms with Crippen LogP contribution in [-0.4, -0.2) is 34.9 Å². The predicted octanol–water partition coefficient (Wildman–Crippen LogP) is 2.46. The first-order chi connectivity index (χ1) is 12.2. The van der Waals surface area contributed by atoms with E-state index in [9.17, 15) is 15.0 Å². The number of hydrogen-bond acceptors (Lipinski definition) is 3. The molecule has 0 spiro atoms. The van der Waals surface area contributed by atoms with E-state index in [2.05, 4.69) is 5.32 Å². The molecule has 0 saturated heterocycles. The van der Waals surface area contributed by atoms with Gasteiger partial charge in [-0.15, -0.1) is 0 Å². The molecule has 132 valence electrons. The topological polar surface area (TPSA) is 69.6 Å². The van der Waals surface area contributed by atoms with E-state index in [4.69, 9.17) is 0 Å². The normalized spacial score (nSPS) is 22.9. The van der Waals surface area contributed by atoms with Crippen LogP contribution >= 0.6 is 0 Å². The standard InChI is InChI=1S/C21H25NO3/c23-14-17-11-18(12-20(17)24)22-21(25)13-19(15-7-3-1-4-8-15)16-9-5-2-6-10-16/h1-10,17-20,23-24H,11-14H2,(H,22,25)/t17-,18+,20-/m1/s1. The smallest absolute Gasteiger partial charge is 0.221 e. The molecule has 25 heavy (non-hydrogen) atoms. The van der Waals surface area contributed by atoms with Crippen LogP contribution in [0.5, 0.6) is 0 Å². The van der Waals surface area contributed by atoms with E-state index in [0.717, 1.165) is 11.1 Å². The van der Waals surface area contributed by atoms with Crippen LogP contribution in [0.25, 0.3) is 0 Å². The highest BCUT2D eigenvalue weighted by atomic mass is 16.3. The fourth-order valence-corrected chi connectivity index (χ4v) is 3.69. The van der Waals surface area contributed by atoms with E-state index in [1.807, 2.05) is 60.7 Å². The third kappa shape index (κ3) is 4.47. The lowest BCUT2D eigenvalue weighted by Gasteiger charge is -2.19. The minimum atomic E-state index is -0.533. The molecule has 0 unspecified atom stereocenters.